The molecule has 2 aromatic heterocycles. The Morgan fingerprint density at radius 3 is 2.85 bits per heavy atom. The van der Waals surface area contributed by atoms with Gasteiger partial charge >= 0.3 is 6.01 Å². The molecule has 0 N–H and O–H groups in total. The molecule has 4 aromatic rings. The molecule has 5 atom stereocenters. The Kier molecular flexibility index (Phi) is 9.52. The molecular weight excluding hydrogens is 733 g/mol. The van der Waals surface area contributed by atoms with Crippen molar-refractivity contribution in [3.05, 3.63) is 76.8 Å². The van der Waals surface area contributed by atoms with Gasteiger partial charge in [-0.1, -0.05) is 41.9 Å². The van der Waals surface area contributed by atoms with E-state index in [-0.39, 0.29) is 54.0 Å². The molecule has 15 heteroatoms. The van der Waals surface area contributed by atoms with Gasteiger partial charge in [0, 0.05) is 75.0 Å². The zero-order chi connectivity index (χ0) is 37.8. The molecular formula is C40H40ClF3N8O3. The summed E-state index contributed by atoms with van der Waals surface area (Å²) in [5.41, 5.74) is -0.326. The number of likely N-dealkylation sites (tertiary alicyclic amines) is 1. The van der Waals surface area contributed by atoms with Crippen LogP contribution in [0.25, 0.3) is 37.8 Å². The summed E-state index contributed by atoms with van der Waals surface area (Å²) in [4.78, 5) is 39.2. The van der Waals surface area contributed by atoms with E-state index >= 15 is 4.39 Å². The Morgan fingerprint density at radius 1 is 1.15 bits per heavy atom. The Bertz CT molecular complexity index is 2240. The first-order chi connectivity index (χ1) is 26.7. The number of piperazine rings is 1. The summed E-state index contributed by atoms with van der Waals surface area (Å²) >= 11 is 6.44. The van der Waals surface area contributed by atoms with Crippen LogP contribution >= 0.6 is 11.6 Å². The van der Waals surface area contributed by atoms with Crippen molar-refractivity contribution in [3.63, 3.8) is 0 Å². The van der Waals surface area contributed by atoms with E-state index in [9.17, 15) is 13.6 Å². The predicted molar refractivity (Wildman–Crippen MR) is 202 cm³/mol. The summed E-state index contributed by atoms with van der Waals surface area (Å²) < 4.78 is 58.2. The maximum absolute atomic E-state index is 17.0. The molecule has 0 saturated carbocycles. The van der Waals surface area contributed by atoms with E-state index in [1.54, 1.807) is 35.2 Å². The molecule has 55 heavy (non-hydrogen) atoms. The highest BCUT2D eigenvalue weighted by Gasteiger charge is 2.49. The first-order valence-corrected chi connectivity index (χ1v) is 19.3. The number of nitrogens with zero attached hydrogens (tertiary/aromatic N) is 8. The lowest BCUT2D eigenvalue weighted by molar-refractivity contribution is -0.128. The number of halogens is 4. The molecule has 286 valence electrons. The second-order valence-electron chi connectivity index (χ2n) is 15.3. The number of fused-ring (bicyclic) bond motifs is 5. The molecule has 2 aromatic carbocycles. The van der Waals surface area contributed by atoms with Gasteiger partial charge in [-0.05, 0) is 37.3 Å². The monoisotopic (exact) mass is 772 g/mol. The average molecular weight is 773 g/mol. The SMILES string of the molecule is [C-]#[N+]C[C@H]1CN(c2nc(OC[C@@]34CCCN3C[C@H](F)C4)nc3c(F)c(-c4cccc5ccc(F)c(Cl)c45)ncc23)CCN1C(=O)/C=C/CN1C[C@@H]2C[C@H]1CO2. The standard InChI is InChI=1S/C40H40ClF3N8O3/c1-45-17-27-20-50(13-14-52(27)32(53)7-3-11-49-21-28-15-26(49)22-54-28)38-30-18-46-36(29-6-2-5-24-8-9-31(43)34(41)33(24)29)35(44)37(30)47-39(48-38)55-23-40-10-4-12-51(40)19-25(42)16-40/h2-3,5-9,18,25-28H,4,10-17,19-23H2/b7-3+/t25-,26+,27+,28+,40+/m1/s1. The van der Waals surface area contributed by atoms with Crippen LogP contribution in [0.15, 0.2) is 48.7 Å². The summed E-state index contributed by atoms with van der Waals surface area (Å²) in [6, 6.07) is 7.81. The van der Waals surface area contributed by atoms with Gasteiger partial charge < -0.3 is 24.1 Å². The van der Waals surface area contributed by atoms with E-state index in [2.05, 4.69) is 24.6 Å². The van der Waals surface area contributed by atoms with Crippen molar-refractivity contribution in [1.29, 1.82) is 0 Å². The summed E-state index contributed by atoms with van der Waals surface area (Å²) in [5, 5.41) is 1.10. The summed E-state index contributed by atoms with van der Waals surface area (Å²) in [6.45, 7) is 12.2. The number of benzene rings is 2. The number of amides is 1. The van der Waals surface area contributed by atoms with E-state index in [0.717, 1.165) is 39.0 Å². The number of rotatable bonds is 9. The third kappa shape index (κ3) is 6.54. The van der Waals surface area contributed by atoms with Crippen LogP contribution in [0.4, 0.5) is 19.0 Å². The minimum atomic E-state index is -0.960. The molecule has 0 aliphatic carbocycles. The molecule has 0 unspecified atom stereocenters. The van der Waals surface area contributed by atoms with Crippen LogP contribution in [0.2, 0.25) is 5.02 Å². The molecule has 2 bridgehead atoms. The fourth-order valence-electron chi connectivity index (χ4n) is 9.36. The van der Waals surface area contributed by atoms with Gasteiger partial charge in [-0.3, -0.25) is 19.6 Å². The highest BCUT2D eigenvalue weighted by atomic mass is 35.5. The molecule has 5 aliphatic rings. The maximum Gasteiger partial charge on any atom is 0.319 e. The normalized spacial score (nSPS) is 26.8. The van der Waals surface area contributed by atoms with Crippen LogP contribution in [0.3, 0.4) is 0 Å². The maximum atomic E-state index is 17.0. The van der Waals surface area contributed by atoms with Crippen molar-refractivity contribution in [2.75, 3.05) is 70.5 Å². The van der Waals surface area contributed by atoms with E-state index in [1.165, 1.54) is 12.3 Å². The van der Waals surface area contributed by atoms with Gasteiger partial charge in [0.05, 0.1) is 28.7 Å². The Hall–Kier alpha value is -4.55. The fraction of sp³-hybridized carbons (Fsp3) is 0.475. The van der Waals surface area contributed by atoms with E-state index < -0.39 is 29.4 Å². The zero-order valence-corrected chi connectivity index (χ0v) is 30.9. The van der Waals surface area contributed by atoms with E-state index in [1.807, 2.05) is 11.0 Å². The second kappa shape index (κ2) is 14.5. The lowest BCUT2D eigenvalue weighted by Gasteiger charge is -2.39. The minimum absolute atomic E-state index is 0.0609. The molecule has 9 rings (SSSR count). The van der Waals surface area contributed by atoms with Gasteiger partial charge in [-0.25, -0.2) is 19.7 Å². The number of anilines is 1. The van der Waals surface area contributed by atoms with Crippen molar-refractivity contribution in [2.45, 2.75) is 55.6 Å². The zero-order valence-electron chi connectivity index (χ0n) is 30.1. The number of carbonyl (C=O) groups is 1. The Morgan fingerprint density at radius 2 is 2.04 bits per heavy atom. The van der Waals surface area contributed by atoms with Gasteiger partial charge in [0.15, 0.2) is 5.82 Å². The van der Waals surface area contributed by atoms with Crippen LogP contribution < -0.4 is 9.64 Å². The number of ether oxygens (including phenoxy) is 2. The fourth-order valence-corrected chi connectivity index (χ4v) is 9.63. The smallest absolute Gasteiger partial charge is 0.319 e. The van der Waals surface area contributed by atoms with Crippen molar-refractivity contribution in [2.24, 2.45) is 0 Å². The number of hydrogen-bond donors (Lipinski definition) is 0. The molecule has 11 nitrogen and oxygen atoms in total. The number of alkyl halides is 1. The Balaban J connectivity index is 1.05. The first kappa shape index (κ1) is 36.1. The summed E-state index contributed by atoms with van der Waals surface area (Å²) in [5.74, 6) is -1.23. The summed E-state index contributed by atoms with van der Waals surface area (Å²) in [7, 11) is 0. The lowest BCUT2D eigenvalue weighted by Crippen LogP contribution is -2.56. The van der Waals surface area contributed by atoms with Gasteiger partial charge in [-0.15, -0.1) is 0 Å². The van der Waals surface area contributed by atoms with Crippen LogP contribution in [0.1, 0.15) is 25.7 Å². The van der Waals surface area contributed by atoms with Gasteiger partial charge in [0.1, 0.15) is 41.7 Å². The average Bonchev–Trinajstić information content (AvgIpc) is 3.97. The second-order valence-corrected chi connectivity index (χ2v) is 15.7. The first-order valence-electron chi connectivity index (χ1n) is 18.9. The van der Waals surface area contributed by atoms with Crippen LogP contribution in [0, 0.1) is 18.2 Å². The van der Waals surface area contributed by atoms with Crippen LogP contribution in [0.5, 0.6) is 6.01 Å². The van der Waals surface area contributed by atoms with Crippen LogP contribution in [-0.4, -0.2) is 131 Å². The number of morpholine rings is 1. The third-order valence-corrected chi connectivity index (χ3v) is 12.4. The highest BCUT2D eigenvalue weighted by Crippen LogP contribution is 2.42. The minimum Gasteiger partial charge on any atom is -0.461 e. The van der Waals surface area contributed by atoms with Crippen molar-refractivity contribution < 1.29 is 27.4 Å². The van der Waals surface area contributed by atoms with Gasteiger partial charge in [0.2, 0.25) is 12.5 Å². The van der Waals surface area contributed by atoms with Crippen molar-refractivity contribution >= 4 is 45.0 Å². The molecule has 5 saturated heterocycles. The number of pyridine rings is 1. The third-order valence-electron chi connectivity index (χ3n) is 12.0. The molecule has 5 fully saturated rings. The Labute approximate surface area is 321 Å². The predicted octanol–water partition coefficient (Wildman–Crippen LogP) is 5.70. The molecule has 0 radical (unpaired) electrons. The topological polar surface area (TPSA) is 91.5 Å². The number of hydrogen-bond acceptors (Lipinski definition) is 9. The van der Waals surface area contributed by atoms with Crippen LogP contribution in [-0.2, 0) is 9.53 Å². The lowest BCUT2D eigenvalue weighted by atomic mass is 9.95. The van der Waals surface area contributed by atoms with Gasteiger partial charge in [0.25, 0.3) is 0 Å². The van der Waals surface area contributed by atoms with Crippen molar-refractivity contribution in [1.82, 2.24) is 29.7 Å². The molecule has 5 aliphatic heterocycles. The molecule has 1 amide bonds. The van der Waals surface area contributed by atoms with Crippen molar-refractivity contribution in [3.8, 4) is 17.3 Å². The quantitative estimate of drug-likeness (QED) is 0.157. The van der Waals surface area contributed by atoms with E-state index in [4.69, 9.17) is 32.6 Å². The number of aromatic nitrogens is 3. The van der Waals surface area contributed by atoms with Gasteiger partial charge in [-0.2, -0.15) is 9.97 Å². The molecule has 0 spiro atoms. The number of carbonyl (C=O) groups excluding carboxylic acids is 1. The highest BCUT2D eigenvalue weighted by molar-refractivity contribution is 6.36. The molecule has 7 heterocycles. The largest absolute Gasteiger partial charge is 0.461 e. The summed E-state index contributed by atoms with van der Waals surface area (Å²) in [6.07, 6.45) is 7.33. The van der Waals surface area contributed by atoms with E-state index in [0.29, 0.717) is 66.2 Å².